The monoisotopic (exact) mass is 103 g/mol. The lowest BCUT2D eigenvalue weighted by Crippen LogP contribution is -2.16. The first-order valence-corrected chi connectivity index (χ1v) is 1.95. The maximum atomic E-state index is 8.32. The second kappa shape index (κ2) is 3.64. The molecule has 0 rings (SSSR count). The molecule has 0 bridgehead atoms. The summed E-state index contributed by atoms with van der Waals surface area (Å²) in [5, 5.41) is 18.8. The van der Waals surface area contributed by atoms with E-state index in [-0.39, 0.29) is 19.0 Å². The molecule has 3 N–H and O–H groups in total. The maximum absolute atomic E-state index is 8.32. The van der Waals surface area contributed by atoms with E-state index in [2.05, 4.69) is 11.9 Å². The lowest BCUT2D eigenvalue weighted by atomic mass is 10.6. The van der Waals surface area contributed by atoms with Gasteiger partial charge in [-0.2, -0.15) is 0 Å². The van der Waals surface area contributed by atoms with Crippen molar-refractivity contribution in [2.45, 2.75) is 0 Å². The molecule has 0 saturated heterocycles. The Balaban J connectivity index is 2.82. The number of aliphatic hydroxyl groups excluding tert-OH is 2. The second-order valence-corrected chi connectivity index (χ2v) is 1.15. The van der Waals surface area contributed by atoms with Crippen LogP contribution in [0.25, 0.3) is 0 Å². The Bertz CT molecular complexity index is 62.7. The van der Waals surface area contributed by atoms with Crippen molar-refractivity contribution in [3.8, 4) is 0 Å². The topological polar surface area (TPSA) is 52.5 Å². The molecule has 0 fully saturated rings. The summed E-state index contributed by atoms with van der Waals surface area (Å²) in [6.45, 7) is 3.31. The van der Waals surface area contributed by atoms with E-state index in [1.165, 1.54) is 0 Å². The van der Waals surface area contributed by atoms with Gasteiger partial charge in [0.2, 0.25) is 0 Å². The van der Waals surface area contributed by atoms with Crippen LogP contribution in [-0.2, 0) is 0 Å². The minimum Gasteiger partial charge on any atom is -0.512 e. The summed E-state index contributed by atoms with van der Waals surface area (Å²) >= 11 is 0. The van der Waals surface area contributed by atoms with E-state index in [0.717, 1.165) is 0 Å². The molecular weight excluding hydrogens is 94.0 g/mol. The van der Waals surface area contributed by atoms with Gasteiger partial charge in [-0.3, -0.25) is 5.32 Å². The van der Waals surface area contributed by atoms with Gasteiger partial charge in [0.25, 0.3) is 0 Å². The molecule has 0 aromatic carbocycles. The molecule has 3 heteroatoms. The van der Waals surface area contributed by atoms with Crippen LogP contribution in [0.2, 0.25) is 0 Å². The number of hydrogen-bond acceptors (Lipinski definition) is 3. The van der Waals surface area contributed by atoms with Gasteiger partial charge in [0.05, 0.1) is 19.0 Å². The highest BCUT2D eigenvalue weighted by atomic mass is 16.3. The highest BCUT2D eigenvalue weighted by Crippen LogP contribution is 1.72. The van der Waals surface area contributed by atoms with E-state index >= 15 is 0 Å². The fourth-order valence-corrected chi connectivity index (χ4v) is 0.200. The van der Waals surface area contributed by atoms with Crippen molar-refractivity contribution in [1.82, 2.24) is 5.32 Å². The third-order valence-electron chi connectivity index (χ3n) is 0.441. The summed E-state index contributed by atoms with van der Waals surface area (Å²) in [6.07, 6.45) is 0. The van der Waals surface area contributed by atoms with Crippen LogP contribution in [-0.4, -0.2) is 23.5 Å². The number of aliphatic hydroxyl groups is 2. The lowest BCUT2D eigenvalue weighted by Gasteiger charge is -1.94. The summed E-state index contributed by atoms with van der Waals surface area (Å²) in [7, 11) is 0. The molecule has 3 nitrogen and oxygen atoms in total. The Kier molecular flexibility index (Phi) is 3.36. The van der Waals surface area contributed by atoms with Gasteiger partial charge in [-0.25, -0.2) is 0 Å². The molecule has 0 unspecified atom stereocenters. The van der Waals surface area contributed by atoms with Gasteiger partial charge in [-0.05, 0) is 0 Å². The minimum absolute atomic E-state index is 0.0362. The first-order valence-electron chi connectivity index (χ1n) is 1.95. The third-order valence-corrected chi connectivity index (χ3v) is 0.441. The summed E-state index contributed by atoms with van der Waals surface area (Å²) in [6, 6.07) is 0. The van der Waals surface area contributed by atoms with Gasteiger partial charge in [-0.15, -0.1) is 0 Å². The quantitative estimate of drug-likeness (QED) is 0.336. The highest BCUT2D eigenvalue weighted by Gasteiger charge is 1.81. The molecular formula is C4H9NO2. The molecule has 0 aliphatic rings. The average Bonchev–Trinajstić information content (AvgIpc) is 1.61. The summed E-state index contributed by atoms with van der Waals surface area (Å²) < 4.78 is 0. The molecule has 0 spiro atoms. The predicted molar refractivity (Wildman–Crippen MR) is 26.9 cm³/mol. The zero-order chi connectivity index (χ0) is 5.70. The normalized spacial score (nSPS) is 8.71. The molecule has 0 atom stereocenters. The fourth-order valence-electron chi connectivity index (χ4n) is 0.200. The molecule has 0 aliphatic heterocycles. The third kappa shape index (κ3) is 5.46. The van der Waals surface area contributed by atoms with Gasteiger partial charge in [-0.1, -0.05) is 6.58 Å². The Labute approximate surface area is 42.3 Å². The molecule has 0 amide bonds. The van der Waals surface area contributed by atoms with Crippen molar-refractivity contribution >= 4 is 0 Å². The van der Waals surface area contributed by atoms with Crippen LogP contribution in [0.4, 0.5) is 0 Å². The maximum Gasteiger partial charge on any atom is 0.0989 e. The van der Waals surface area contributed by atoms with Crippen molar-refractivity contribution in [3.63, 3.8) is 0 Å². The van der Waals surface area contributed by atoms with Crippen LogP contribution < -0.4 is 5.32 Å². The van der Waals surface area contributed by atoms with Gasteiger partial charge in [0, 0.05) is 0 Å². The van der Waals surface area contributed by atoms with Crippen molar-refractivity contribution in [1.29, 1.82) is 0 Å². The van der Waals surface area contributed by atoms with E-state index in [9.17, 15) is 0 Å². The number of nitrogens with one attached hydrogen (secondary N) is 1. The number of hydrogen-bond donors (Lipinski definition) is 3. The molecule has 7 heavy (non-hydrogen) atoms. The van der Waals surface area contributed by atoms with Crippen LogP contribution in [0.1, 0.15) is 0 Å². The predicted octanol–water partition coefficient (Wildman–Crippen LogP) is -0.402. The van der Waals surface area contributed by atoms with Crippen LogP contribution in [0.15, 0.2) is 12.3 Å². The summed E-state index contributed by atoms with van der Waals surface area (Å²) in [5.74, 6) is 0.0362. The first-order chi connectivity index (χ1) is 3.27. The Morgan fingerprint density at radius 2 is 2.29 bits per heavy atom. The van der Waals surface area contributed by atoms with E-state index < -0.39 is 0 Å². The zero-order valence-corrected chi connectivity index (χ0v) is 4.02. The van der Waals surface area contributed by atoms with E-state index in [1.54, 1.807) is 0 Å². The Morgan fingerprint density at radius 3 is 2.43 bits per heavy atom. The second-order valence-electron chi connectivity index (χ2n) is 1.15. The van der Waals surface area contributed by atoms with Crippen molar-refractivity contribution < 1.29 is 10.2 Å². The molecule has 0 aromatic heterocycles. The first kappa shape index (κ1) is 6.46. The van der Waals surface area contributed by atoms with Crippen LogP contribution in [0, 0.1) is 0 Å². The number of rotatable bonds is 3. The van der Waals surface area contributed by atoms with Gasteiger partial charge in [0.15, 0.2) is 0 Å². The highest BCUT2D eigenvalue weighted by molar-refractivity contribution is 4.80. The molecule has 0 radical (unpaired) electrons. The molecule has 0 aromatic rings. The van der Waals surface area contributed by atoms with Gasteiger partial charge < -0.3 is 10.2 Å². The van der Waals surface area contributed by atoms with Crippen molar-refractivity contribution in [3.05, 3.63) is 12.3 Å². The van der Waals surface area contributed by atoms with Crippen LogP contribution >= 0.6 is 0 Å². The van der Waals surface area contributed by atoms with Gasteiger partial charge >= 0.3 is 0 Å². The Hall–Kier alpha value is -0.540. The van der Waals surface area contributed by atoms with Gasteiger partial charge in [0.1, 0.15) is 0 Å². The zero-order valence-electron chi connectivity index (χ0n) is 4.02. The lowest BCUT2D eigenvalue weighted by molar-refractivity contribution is 0.255. The van der Waals surface area contributed by atoms with Crippen LogP contribution in [0.5, 0.6) is 0 Å². The van der Waals surface area contributed by atoms with Crippen molar-refractivity contribution in [2.75, 3.05) is 13.3 Å². The summed E-state index contributed by atoms with van der Waals surface area (Å²) in [5.41, 5.74) is 0. The van der Waals surface area contributed by atoms with E-state index in [4.69, 9.17) is 10.2 Å². The fraction of sp³-hybridized carbons (Fsp3) is 0.500. The minimum atomic E-state index is -0.125. The van der Waals surface area contributed by atoms with Crippen LogP contribution in [0.3, 0.4) is 0 Å². The van der Waals surface area contributed by atoms with E-state index in [0.29, 0.717) is 0 Å². The smallest absolute Gasteiger partial charge is 0.0989 e. The molecule has 42 valence electrons. The Morgan fingerprint density at radius 1 is 1.71 bits per heavy atom. The standard InChI is InChI=1S/C4H9NO2/c1-4(7)2-5-3-6/h5-7H,1-3H2. The van der Waals surface area contributed by atoms with E-state index in [1.807, 2.05) is 0 Å². The molecule has 0 saturated carbocycles. The molecule has 0 heterocycles. The average molecular weight is 103 g/mol. The largest absolute Gasteiger partial charge is 0.512 e. The molecule has 0 aliphatic carbocycles. The SMILES string of the molecule is C=C(O)CNCO. The van der Waals surface area contributed by atoms with Crippen molar-refractivity contribution in [2.24, 2.45) is 0 Å². The summed E-state index contributed by atoms with van der Waals surface area (Å²) in [4.78, 5) is 0.